The Bertz CT molecular complexity index is 7680. The second-order valence-corrected chi connectivity index (χ2v) is 34.6. The molecule has 30 rings (SSSR count). The van der Waals surface area contributed by atoms with Crippen LogP contribution in [0.3, 0.4) is 0 Å². The molecule has 4 nitrogen and oxygen atoms in total. The van der Waals surface area contributed by atoms with Gasteiger partial charge in [0.2, 0.25) is 0 Å². The lowest BCUT2D eigenvalue weighted by Gasteiger charge is -2.49. The molecule has 22 aromatic carbocycles. The predicted octanol–water partition coefficient (Wildman–Crippen LogP) is 24.2. The Kier molecular flexibility index (Phi) is 14.3. The molecular weight excluding hydrogens is 1490 g/mol. The predicted molar refractivity (Wildman–Crippen MR) is 532 cm³/mol. The Balaban J connectivity index is 0.0000000951. The molecule has 8 heterocycles. The fourth-order valence-corrected chi connectivity index (χ4v) is 23.6. The number of benzene rings is 22. The molecule has 0 saturated carbocycles. The van der Waals surface area contributed by atoms with Crippen LogP contribution in [-0.4, -0.2) is 27.4 Å². The van der Waals surface area contributed by atoms with Gasteiger partial charge in [-0.25, -0.2) is 0 Å². The van der Waals surface area contributed by atoms with Gasteiger partial charge in [0.1, 0.15) is 0 Å². The second kappa shape index (κ2) is 26.0. The zero-order valence-electron chi connectivity index (χ0n) is 67.5. The van der Waals surface area contributed by atoms with E-state index in [4.69, 9.17) is 0 Å². The lowest BCUT2D eigenvalue weighted by atomic mass is 9.37. The zero-order chi connectivity index (χ0) is 80.7. The molecule has 0 bridgehead atoms. The first-order chi connectivity index (χ1) is 61.6. The van der Waals surface area contributed by atoms with E-state index in [1.165, 1.54) is 253 Å². The van der Waals surface area contributed by atoms with Gasteiger partial charge in [-0.15, -0.1) is 0 Å². The summed E-state index contributed by atoms with van der Waals surface area (Å²) in [5.74, 6) is 0. The maximum absolute atomic E-state index is 2.64. The Morgan fingerprint density at radius 1 is 0.121 bits per heavy atom. The fourth-order valence-electron chi connectivity index (χ4n) is 23.6. The van der Waals surface area contributed by atoms with Crippen LogP contribution in [0.15, 0.2) is 425 Å². The van der Waals surface area contributed by atoms with Crippen LogP contribution in [0, 0.1) is 0 Å². The van der Waals surface area contributed by atoms with E-state index in [0.717, 1.165) is 0 Å². The minimum atomic E-state index is 0.0616. The highest BCUT2D eigenvalue weighted by molar-refractivity contribution is 6.97. The van der Waals surface area contributed by atoms with Crippen molar-refractivity contribution < 1.29 is 0 Å². The van der Waals surface area contributed by atoms with E-state index in [2.05, 4.69) is 444 Å². The summed E-state index contributed by atoms with van der Waals surface area (Å²) in [5.41, 5.74) is 40.0. The van der Waals surface area contributed by atoms with Crippen LogP contribution < -0.4 is 62.9 Å². The molecule has 124 heavy (non-hydrogen) atoms. The highest BCUT2D eigenvalue weighted by Crippen LogP contribution is 2.57. The third-order valence-electron chi connectivity index (χ3n) is 28.6. The van der Waals surface area contributed by atoms with Gasteiger partial charge < -0.3 is 19.2 Å². The molecule has 566 valence electrons. The fraction of sp³-hybridized carbons (Fsp3) is 0. The third-order valence-corrected chi connectivity index (χ3v) is 28.6. The first-order valence-electron chi connectivity index (χ1n) is 43.6. The van der Waals surface area contributed by atoms with Crippen LogP contribution in [0.25, 0.3) is 164 Å². The molecule has 8 aliphatic heterocycles. The lowest BCUT2D eigenvalue weighted by molar-refractivity contribution is 1.30. The summed E-state index contributed by atoms with van der Waals surface area (Å²) in [5, 5.41) is 20.6. The Labute approximate surface area is 719 Å². The quantitative estimate of drug-likeness (QED) is 0.140. The molecule has 22 aromatic rings. The van der Waals surface area contributed by atoms with Crippen LogP contribution in [0.2, 0.25) is 0 Å². The normalized spacial score (nSPS) is 13.5. The summed E-state index contributed by atoms with van der Waals surface area (Å²) < 4.78 is 0. The van der Waals surface area contributed by atoms with E-state index in [9.17, 15) is 0 Å². The smallest absolute Gasteiger partial charge is 0.329 e. The van der Waals surface area contributed by atoms with Gasteiger partial charge in [-0.05, 0) is 229 Å². The standard InChI is InChI=1S/2C40H24BN.C36H22B2N2/c1-2-13-29-24-35-33(23-28(29)12-1)38-30-14-6-3-10-26(30)18-21-36(38)42-37-22-19-27-11-5-8-16-32(27)40(37)39-31-15-7-4-9-25(31)17-20-34(39)41(35)42;1-2-13-29-24-37-33(23-28(29)12-1)38-30-14-6-3-9-25(30)17-20-34(38)41-35-21-18-26-10-4-7-15-31(26)39(35)40-32-16-8-5-11-27(32)19-22-36(40)42(37)41;1-5-15-27-23(11-1)25-13-3-7-19-31(25)39-33-21-10-22-34-36(33)35-29(37(27)39)17-9-18-30(35)38-28-16-6-2-12-24(28)26-14-4-8-20-32(26)40(34)38/h2*1-24H;1-22H. The maximum atomic E-state index is 2.64. The van der Waals surface area contributed by atoms with Crippen molar-refractivity contribution in [3.8, 4) is 77.9 Å². The third kappa shape index (κ3) is 9.41. The number of nitrogens with zero attached hydrogens (tertiary/aromatic N) is 4. The van der Waals surface area contributed by atoms with Crippen molar-refractivity contribution in [2.45, 2.75) is 0 Å². The van der Waals surface area contributed by atoms with Gasteiger partial charge in [0.25, 0.3) is 0 Å². The summed E-state index contributed by atoms with van der Waals surface area (Å²) >= 11 is 0. The molecule has 0 atom stereocenters. The first-order valence-corrected chi connectivity index (χ1v) is 43.6. The largest absolute Gasteiger partial charge is 0.376 e. The van der Waals surface area contributed by atoms with Gasteiger partial charge in [-0.3, -0.25) is 0 Å². The highest BCUT2D eigenvalue weighted by Gasteiger charge is 2.51. The maximum Gasteiger partial charge on any atom is 0.329 e. The molecule has 0 aromatic heterocycles. The zero-order valence-corrected chi connectivity index (χ0v) is 67.5. The van der Waals surface area contributed by atoms with Crippen LogP contribution in [0.1, 0.15) is 0 Å². The molecule has 0 aliphatic carbocycles. The van der Waals surface area contributed by atoms with Crippen molar-refractivity contribution in [3.63, 3.8) is 0 Å². The number of rotatable bonds is 0. The van der Waals surface area contributed by atoms with E-state index in [-0.39, 0.29) is 27.4 Å². The summed E-state index contributed by atoms with van der Waals surface area (Å²) in [4.78, 5) is 10.5. The van der Waals surface area contributed by atoms with Crippen molar-refractivity contribution in [2.24, 2.45) is 0 Å². The Morgan fingerprint density at radius 3 is 0.863 bits per heavy atom. The van der Waals surface area contributed by atoms with E-state index in [1.807, 2.05) is 0 Å². The molecule has 8 aliphatic rings. The Morgan fingerprint density at radius 2 is 0.395 bits per heavy atom. The molecule has 0 N–H and O–H groups in total. The SMILES string of the molecule is c1ccc2c(c1)B1c3cccc4c3-c3c(cccc3N3B4c4ccccc4-c4ccccc43)N1c1ccccc1-2.c1ccc2cc3c(cc2c1)-c1c(ccc2ccccc12)B1c2ccc4ccccc4c2-c2c(ccc4ccccc24)N13.c1ccc2cc3c(cc2c1)B1c2ccc4ccccc4c2-c2c(ccc4ccccc24)N1c1ccc2ccccc2c1-3. The van der Waals surface area contributed by atoms with Gasteiger partial charge in [0.05, 0.1) is 0 Å². The molecule has 0 unspecified atom stereocenters. The van der Waals surface area contributed by atoms with Gasteiger partial charge >= 0.3 is 27.4 Å². The Hall–Kier alpha value is -15.6. The summed E-state index contributed by atoms with van der Waals surface area (Å²) in [6, 6.07) is 158. The van der Waals surface area contributed by atoms with E-state index in [0.29, 0.717) is 0 Å². The minimum Gasteiger partial charge on any atom is -0.376 e. The van der Waals surface area contributed by atoms with Crippen molar-refractivity contribution in [1.29, 1.82) is 0 Å². The van der Waals surface area contributed by atoms with Crippen molar-refractivity contribution in [2.75, 3.05) is 19.2 Å². The summed E-state index contributed by atoms with van der Waals surface area (Å²) in [6.45, 7) is 0.376. The van der Waals surface area contributed by atoms with Gasteiger partial charge in [0.15, 0.2) is 0 Å². The van der Waals surface area contributed by atoms with E-state index >= 15 is 0 Å². The van der Waals surface area contributed by atoms with Gasteiger partial charge in [0, 0.05) is 84.4 Å². The molecule has 0 radical (unpaired) electrons. The average molecular weight is 1560 g/mol. The molecule has 0 spiro atoms. The molecule has 8 heteroatoms. The number of fused-ring (bicyclic) bond motifs is 52. The average Bonchev–Trinajstić information content (AvgIpc) is 0.671. The molecule has 0 fully saturated rings. The second-order valence-electron chi connectivity index (χ2n) is 34.6. The minimum absolute atomic E-state index is 0.0616. The summed E-state index contributed by atoms with van der Waals surface area (Å²) in [6.07, 6.45) is 0. The van der Waals surface area contributed by atoms with Crippen LogP contribution in [0.4, 0.5) is 45.5 Å². The van der Waals surface area contributed by atoms with E-state index < -0.39 is 0 Å². The van der Waals surface area contributed by atoms with E-state index in [1.54, 1.807) is 0 Å². The van der Waals surface area contributed by atoms with Crippen LogP contribution in [0.5, 0.6) is 0 Å². The van der Waals surface area contributed by atoms with Gasteiger partial charge in [-0.2, -0.15) is 0 Å². The molecular formula is C116H70B4N4. The number of hydrogen-bond acceptors (Lipinski definition) is 4. The summed E-state index contributed by atoms with van der Waals surface area (Å²) in [7, 11) is 0. The van der Waals surface area contributed by atoms with Gasteiger partial charge in [-0.1, -0.05) is 364 Å². The molecule has 0 amide bonds. The number of anilines is 8. The first kappa shape index (κ1) is 68.2. The van der Waals surface area contributed by atoms with Crippen molar-refractivity contribution in [3.05, 3.63) is 425 Å². The van der Waals surface area contributed by atoms with Crippen molar-refractivity contribution in [1.82, 2.24) is 0 Å². The van der Waals surface area contributed by atoms with Crippen LogP contribution in [-0.2, 0) is 0 Å². The van der Waals surface area contributed by atoms with Crippen LogP contribution >= 0.6 is 0 Å². The monoisotopic (exact) mass is 1560 g/mol. The topological polar surface area (TPSA) is 13.0 Å². The number of para-hydroxylation sites is 2. The highest BCUT2D eigenvalue weighted by atomic mass is 15.1. The van der Waals surface area contributed by atoms with Crippen molar-refractivity contribution >= 4 is 203 Å². The number of hydrogen-bond donors (Lipinski definition) is 0. The lowest BCUT2D eigenvalue weighted by Crippen LogP contribution is -2.65. The molecule has 0 saturated heterocycles.